The van der Waals surface area contributed by atoms with Gasteiger partial charge >= 0.3 is 0 Å². The maximum Gasteiger partial charge on any atom is 0.141 e. The lowest BCUT2D eigenvalue weighted by Gasteiger charge is -2.21. The third-order valence-electron chi connectivity index (χ3n) is 2.97. The molecule has 2 heteroatoms. The van der Waals surface area contributed by atoms with Crippen molar-refractivity contribution in [2.75, 3.05) is 13.1 Å². The van der Waals surface area contributed by atoms with E-state index in [0.717, 1.165) is 31.5 Å². The highest BCUT2D eigenvalue weighted by atomic mass is 16.1. The van der Waals surface area contributed by atoms with E-state index in [0.29, 0.717) is 12.2 Å². The zero-order valence-corrected chi connectivity index (χ0v) is 8.91. The summed E-state index contributed by atoms with van der Waals surface area (Å²) in [5.41, 5.74) is 1.13. The summed E-state index contributed by atoms with van der Waals surface area (Å²) in [4.78, 5) is 11.9. The fourth-order valence-electron chi connectivity index (χ4n) is 2.07. The molecule has 0 aliphatic carbocycles. The van der Waals surface area contributed by atoms with E-state index < -0.39 is 0 Å². The molecule has 2 rings (SSSR count). The van der Waals surface area contributed by atoms with Gasteiger partial charge in [0, 0.05) is 18.9 Å². The second-order valence-electron chi connectivity index (χ2n) is 4.17. The summed E-state index contributed by atoms with van der Waals surface area (Å²) in [6, 6.07) is 10.0. The lowest BCUT2D eigenvalue weighted by molar-refractivity contribution is -0.122. The van der Waals surface area contributed by atoms with Crippen LogP contribution in [0, 0.1) is 5.92 Å². The summed E-state index contributed by atoms with van der Waals surface area (Å²) in [6.07, 6.45) is 2.77. The molecule has 1 aromatic carbocycles. The molecule has 1 aromatic rings. The molecule has 0 saturated carbocycles. The van der Waals surface area contributed by atoms with E-state index in [1.54, 1.807) is 0 Å². The molecule has 0 radical (unpaired) electrons. The molecular formula is C13H17NO. The number of Topliss-reactive ketones (excluding diaryl/α,β-unsaturated/α-hetero) is 1. The van der Waals surface area contributed by atoms with E-state index in [1.165, 1.54) is 0 Å². The first-order valence-corrected chi connectivity index (χ1v) is 5.63. The number of piperidine rings is 1. The summed E-state index contributed by atoms with van der Waals surface area (Å²) in [6.45, 7) is 1.93. The molecule has 2 nitrogen and oxygen atoms in total. The standard InChI is InChI=1S/C13H17NO/c15-13(12-7-4-8-14-10-12)9-11-5-2-1-3-6-11/h1-3,5-6,12,14H,4,7-10H2. The molecule has 1 unspecified atom stereocenters. The maximum atomic E-state index is 11.9. The monoisotopic (exact) mass is 203 g/mol. The number of carbonyl (C=O) groups excluding carboxylic acids is 1. The number of carbonyl (C=O) groups is 1. The summed E-state index contributed by atoms with van der Waals surface area (Å²) in [5, 5.41) is 3.28. The van der Waals surface area contributed by atoms with Gasteiger partial charge in [-0.1, -0.05) is 30.3 Å². The van der Waals surface area contributed by atoms with Crippen molar-refractivity contribution in [2.45, 2.75) is 19.3 Å². The predicted octanol–water partition coefficient (Wildman–Crippen LogP) is 1.80. The van der Waals surface area contributed by atoms with E-state index >= 15 is 0 Å². The predicted molar refractivity (Wildman–Crippen MR) is 60.7 cm³/mol. The number of hydrogen-bond donors (Lipinski definition) is 1. The average Bonchev–Trinajstić information content (AvgIpc) is 2.31. The minimum atomic E-state index is 0.235. The van der Waals surface area contributed by atoms with Gasteiger partial charge in [-0.25, -0.2) is 0 Å². The highest BCUT2D eigenvalue weighted by Crippen LogP contribution is 2.13. The van der Waals surface area contributed by atoms with E-state index in [1.807, 2.05) is 30.3 Å². The molecule has 1 heterocycles. The summed E-state index contributed by atoms with van der Waals surface area (Å²) in [7, 11) is 0. The Hall–Kier alpha value is -1.15. The Labute approximate surface area is 90.7 Å². The van der Waals surface area contributed by atoms with Crippen LogP contribution in [0.25, 0.3) is 0 Å². The van der Waals surface area contributed by atoms with Gasteiger partial charge < -0.3 is 5.32 Å². The van der Waals surface area contributed by atoms with Crippen molar-refractivity contribution in [2.24, 2.45) is 5.92 Å². The molecule has 0 aromatic heterocycles. The van der Waals surface area contributed by atoms with Crippen LogP contribution < -0.4 is 5.32 Å². The van der Waals surface area contributed by atoms with Crippen LogP contribution in [0.5, 0.6) is 0 Å². The van der Waals surface area contributed by atoms with Crippen LogP contribution in [0.15, 0.2) is 30.3 Å². The van der Waals surface area contributed by atoms with E-state index in [2.05, 4.69) is 5.32 Å². The van der Waals surface area contributed by atoms with E-state index in [-0.39, 0.29) is 5.92 Å². The summed E-state index contributed by atoms with van der Waals surface area (Å²) < 4.78 is 0. The molecule has 1 atom stereocenters. The van der Waals surface area contributed by atoms with E-state index in [9.17, 15) is 4.79 Å². The van der Waals surface area contributed by atoms with E-state index in [4.69, 9.17) is 0 Å². The van der Waals surface area contributed by atoms with Crippen molar-refractivity contribution in [3.05, 3.63) is 35.9 Å². The summed E-state index contributed by atoms with van der Waals surface area (Å²) >= 11 is 0. The minimum absolute atomic E-state index is 0.235. The van der Waals surface area contributed by atoms with Crippen molar-refractivity contribution in [1.29, 1.82) is 0 Å². The quantitative estimate of drug-likeness (QED) is 0.811. The molecule has 0 amide bonds. The summed E-state index contributed by atoms with van der Waals surface area (Å²) in [5.74, 6) is 0.618. The minimum Gasteiger partial charge on any atom is -0.316 e. The van der Waals surface area contributed by atoms with Gasteiger partial charge in [0.25, 0.3) is 0 Å². The van der Waals surface area contributed by atoms with Crippen molar-refractivity contribution < 1.29 is 4.79 Å². The first-order valence-electron chi connectivity index (χ1n) is 5.63. The highest BCUT2D eigenvalue weighted by Gasteiger charge is 2.20. The van der Waals surface area contributed by atoms with Gasteiger partial charge in [0.1, 0.15) is 5.78 Å². The Bertz CT molecular complexity index is 315. The molecule has 0 bridgehead atoms. The lowest BCUT2D eigenvalue weighted by atomic mass is 9.91. The van der Waals surface area contributed by atoms with Gasteiger partial charge in [0.2, 0.25) is 0 Å². The Balaban J connectivity index is 1.91. The maximum absolute atomic E-state index is 11.9. The Morgan fingerprint density at radius 2 is 2.13 bits per heavy atom. The second kappa shape index (κ2) is 5.08. The van der Waals surface area contributed by atoms with Crippen molar-refractivity contribution in [3.63, 3.8) is 0 Å². The average molecular weight is 203 g/mol. The molecule has 1 saturated heterocycles. The third kappa shape index (κ3) is 2.90. The molecule has 1 aliphatic rings. The molecule has 1 fully saturated rings. The normalized spacial score (nSPS) is 21.2. The van der Waals surface area contributed by atoms with Gasteiger partial charge in [0.05, 0.1) is 0 Å². The Kier molecular flexibility index (Phi) is 3.51. The van der Waals surface area contributed by atoms with Crippen molar-refractivity contribution in [3.8, 4) is 0 Å². The Morgan fingerprint density at radius 1 is 1.33 bits per heavy atom. The number of rotatable bonds is 3. The SMILES string of the molecule is O=C(Cc1ccccc1)C1CCCNC1. The van der Waals surface area contributed by atoms with Gasteiger partial charge in [-0.3, -0.25) is 4.79 Å². The van der Waals surface area contributed by atoms with Crippen LogP contribution in [0.3, 0.4) is 0 Å². The number of hydrogen-bond acceptors (Lipinski definition) is 2. The van der Waals surface area contributed by atoms with Crippen LogP contribution in [0.1, 0.15) is 18.4 Å². The smallest absolute Gasteiger partial charge is 0.141 e. The first-order chi connectivity index (χ1) is 7.36. The van der Waals surface area contributed by atoms with Crippen LogP contribution >= 0.6 is 0 Å². The number of ketones is 1. The molecule has 1 aliphatic heterocycles. The van der Waals surface area contributed by atoms with Gasteiger partial charge in [-0.15, -0.1) is 0 Å². The van der Waals surface area contributed by atoms with Gasteiger partial charge in [-0.05, 0) is 24.9 Å². The van der Waals surface area contributed by atoms with Crippen LogP contribution in [0.2, 0.25) is 0 Å². The first kappa shape index (κ1) is 10.4. The van der Waals surface area contributed by atoms with Gasteiger partial charge in [-0.2, -0.15) is 0 Å². The zero-order valence-electron chi connectivity index (χ0n) is 8.91. The third-order valence-corrected chi connectivity index (χ3v) is 2.97. The molecule has 0 spiro atoms. The molecule has 15 heavy (non-hydrogen) atoms. The highest BCUT2D eigenvalue weighted by molar-refractivity contribution is 5.83. The lowest BCUT2D eigenvalue weighted by Crippen LogP contribution is -2.35. The van der Waals surface area contributed by atoms with Crippen LogP contribution in [-0.4, -0.2) is 18.9 Å². The molecule has 80 valence electrons. The fourth-order valence-corrected chi connectivity index (χ4v) is 2.07. The largest absolute Gasteiger partial charge is 0.316 e. The molecular weight excluding hydrogens is 186 g/mol. The van der Waals surface area contributed by atoms with Crippen LogP contribution in [-0.2, 0) is 11.2 Å². The Morgan fingerprint density at radius 3 is 2.80 bits per heavy atom. The topological polar surface area (TPSA) is 29.1 Å². The molecule has 1 N–H and O–H groups in total. The zero-order chi connectivity index (χ0) is 10.5. The van der Waals surface area contributed by atoms with Gasteiger partial charge in [0.15, 0.2) is 0 Å². The number of nitrogens with one attached hydrogen (secondary N) is 1. The number of benzene rings is 1. The van der Waals surface area contributed by atoms with Crippen LogP contribution in [0.4, 0.5) is 0 Å². The van der Waals surface area contributed by atoms with Crippen molar-refractivity contribution in [1.82, 2.24) is 5.32 Å². The fraction of sp³-hybridized carbons (Fsp3) is 0.462. The second-order valence-corrected chi connectivity index (χ2v) is 4.17. The van der Waals surface area contributed by atoms with Crippen molar-refractivity contribution >= 4 is 5.78 Å².